The molecule has 0 spiro atoms. The second kappa shape index (κ2) is 8.09. The van der Waals surface area contributed by atoms with E-state index in [1.165, 1.54) is 18.2 Å². The number of thioether (sulfide) groups is 1. The fraction of sp³-hybridized carbons (Fsp3) is 0. The van der Waals surface area contributed by atoms with Gasteiger partial charge in [0.1, 0.15) is 11.5 Å². The standard InChI is InChI=1S/C20H9Cl4NO3S/c21-10-1-4-14(22)13(7-10)17-6-3-12(28-17)9-18-19(26)25(20(27)29-18)11-2-5-15(23)16(24)8-11/h1-9H/b18-9+. The number of anilines is 1. The van der Waals surface area contributed by atoms with Gasteiger partial charge < -0.3 is 4.42 Å². The first-order valence-electron chi connectivity index (χ1n) is 8.12. The van der Waals surface area contributed by atoms with Crippen molar-refractivity contribution in [2.24, 2.45) is 0 Å². The number of furan rings is 1. The lowest BCUT2D eigenvalue weighted by atomic mass is 10.2. The van der Waals surface area contributed by atoms with E-state index in [-0.39, 0.29) is 9.93 Å². The minimum absolute atomic E-state index is 0.221. The van der Waals surface area contributed by atoms with Crippen LogP contribution in [0.5, 0.6) is 0 Å². The molecule has 0 saturated carbocycles. The van der Waals surface area contributed by atoms with Crippen molar-refractivity contribution in [1.82, 2.24) is 0 Å². The molecule has 146 valence electrons. The van der Waals surface area contributed by atoms with Crippen LogP contribution in [0.15, 0.2) is 57.9 Å². The summed E-state index contributed by atoms with van der Waals surface area (Å²) < 4.78 is 5.77. The van der Waals surface area contributed by atoms with Crippen LogP contribution >= 0.6 is 58.2 Å². The third kappa shape index (κ3) is 4.06. The Hall–Kier alpha value is -1.89. The lowest BCUT2D eigenvalue weighted by Crippen LogP contribution is -2.27. The molecule has 1 aromatic heterocycles. The van der Waals surface area contributed by atoms with E-state index >= 15 is 0 Å². The van der Waals surface area contributed by atoms with Gasteiger partial charge in [0.15, 0.2) is 0 Å². The highest BCUT2D eigenvalue weighted by atomic mass is 35.5. The number of nitrogens with zero attached hydrogens (tertiary/aromatic N) is 1. The molecule has 4 nitrogen and oxygen atoms in total. The van der Waals surface area contributed by atoms with Crippen LogP contribution in [0.1, 0.15) is 5.76 Å². The van der Waals surface area contributed by atoms with Crippen LogP contribution < -0.4 is 4.90 Å². The van der Waals surface area contributed by atoms with Gasteiger partial charge in [0.25, 0.3) is 11.1 Å². The molecule has 1 saturated heterocycles. The molecule has 3 aromatic rings. The molecule has 0 radical (unpaired) electrons. The van der Waals surface area contributed by atoms with Crippen LogP contribution in [0, 0.1) is 0 Å². The van der Waals surface area contributed by atoms with E-state index in [2.05, 4.69) is 0 Å². The first-order chi connectivity index (χ1) is 13.8. The highest BCUT2D eigenvalue weighted by molar-refractivity contribution is 8.19. The summed E-state index contributed by atoms with van der Waals surface area (Å²) in [5, 5.41) is 1.15. The number of hydrogen-bond donors (Lipinski definition) is 0. The SMILES string of the molecule is O=C1S/C(=C/c2ccc(-c3cc(Cl)ccc3Cl)o2)C(=O)N1c1ccc(Cl)c(Cl)c1. The first-order valence-corrected chi connectivity index (χ1v) is 10.4. The van der Waals surface area contributed by atoms with Gasteiger partial charge in [-0.05, 0) is 60.3 Å². The van der Waals surface area contributed by atoms with Gasteiger partial charge in [0, 0.05) is 16.7 Å². The van der Waals surface area contributed by atoms with E-state index < -0.39 is 11.1 Å². The second-order valence-electron chi connectivity index (χ2n) is 5.94. The van der Waals surface area contributed by atoms with Gasteiger partial charge in [-0.25, -0.2) is 4.90 Å². The molecule has 9 heteroatoms. The van der Waals surface area contributed by atoms with Gasteiger partial charge in [0.05, 0.1) is 25.7 Å². The number of benzene rings is 2. The monoisotopic (exact) mass is 483 g/mol. The molecule has 0 atom stereocenters. The molecule has 2 amide bonds. The maximum absolute atomic E-state index is 12.8. The molecule has 2 aromatic carbocycles. The molecule has 29 heavy (non-hydrogen) atoms. The molecular weight excluding hydrogens is 476 g/mol. The quantitative estimate of drug-likeness (QED) is 0.356. The third-order valence-corrected chi connectivity index (χ3v) is 6.22. The van der Waals surface area contributed by atoms with E-state index in [1.54, 1.807) is 36.4 Å². The number of amides is 2. The molecule has 1 fully saturated rings. The minimum atomic E-state index is -0.475. The van der Waals surface area contributed by atoms with Gasteiger partial charge in [-0.2, -0.15) is 0 Å². The lowest BCUT2D eigenvalue weighted by molar-refractivity contribution is -0.113. The maximum atomic E-state index is 12.8. The Morgan fingerprint density at radius 2 is 1.62 bits per heavy atom. The Labute approximate surface area is 190 Å². The van der Waals surface area contributed by atoms with Gasteiger partial charge in [-0.15, -0.1) is 0 Å². The number of rotatable bonds is 3. The number of carbonyl (C=O) groups excluding carboxylic acids is 2. The van der Waals surface area contributed by atoms with Crippen LogP contribution in [-0.2, 0) is 4.79 Å². The van der Waals surface area contributed by atoms with E-state index in [9.17, 15) is 9.59 Å². The average Bonchev–Trinajstić information content (AvgIpc) is 3.24. The summed E-state index contributed by atoms with van der Waals surface area (Å²) in [5.74, 6) is 0.417. The lowest BCUT2D eigenvalue weighted by Gasteiger charge is -2.12. The van der Waals surface area contributed by atoms with Crippen LogP contribution in [0.4, 0.5) is 10.5 Å². The number of halogens is 4. The highest BCUT2D eigenvalue weighted by Gasteiger charge is 2.36. The predicted octanol–water partition coefficient (Wildman–Crippen LogP) is 7.80. The summed E-state index contributed by atoms with van der Waals surface area (Å²) in [6, 6.07) is 13.0. The Bertz CT molecular complexity index is 1190. The molecule has 0 unspecified atom stereocenters. The van der Waals surface area contributed by atoms with Gasteiger partial charge in [-0.1, -0.05) is 46.4 Å². The fourth-order valence-electron chi connectivity index (χ4n) is 2.71. The zero-order valence-electron chi connectivity index (χ0n) is 14.3. The van der Waals surface area contributed by atoms with Crippen LogP contribution in [0.25, 0.3) is 17.4 Å². The molecule has 0 N–H and O–H groups in total. The highest BCUT2D eigenvalue weighted by Crippen LogP contribution is 2.38. The fourth-order valence-corrected chi connectivity index (χ4v) is 4.20. The molecule has 1 aliphatic rings. The Kier molecular flexibility index (Phi) is 5.69. The van der Waals surface area contributed by atoms with Crippen molar-refractivity contribution < 1.29 is 14.0 Å². The number of imide groups is 1. The first kappa shape index (κ1) is 20.4. The maximum Gasteiger partial charge on any atom is 0.298 e. The van der Waals surface area contributed by atoms with E-state index in [0.717, 1.165) is 16.7 Å². The number of hydrogen-bond acceptors (Lipinski definition) is 4. The summed E-state index contributed by atoms with van der Waals surface area (Å²) in [7, 11) is 0. The number of carbonyl (C=O) groups is 2. The molecule has 1 aliphatic heterocycles. The molecule has 2 heterocycles. The van der Waals surface area contributed by atoms with Crippen molar-refractivity contribution in [3.8, 4) is 11.3 Å². The second-order valence-corrected chi connectivity index (χ2v) is 8.59. The normalized spacial score (nSPS) is 15.6. The Morgan fingerprint density at radius 3 is 2.38 bits per heavy atom. The van der Waals surface area contributed by atoms with Crippen molar-refractivity contribution in [3.63, 3.8) is 0 Å². The zero-order chi connectivity index (χ0) is 20.7. The molecule has 0 aliphatic carbocycles. The minimum Gasteiger partial charge on any atom is -0.457 e. The van der Waals surface area contributed by atoms with Crippen molar-refractivity contribution in [3.05, 3.63) is 79.3 Å². The average molecular weight is 485 g/mol. The van der Waals surface area contributed by atoms with Crippen molar-refractivity contribution in [2.75, 3.05) is 4.90 Å². The van der Waals surface area contributed by atoms with E-state index in [4.69, 9.17) is 50.8 Å². The largest absolute Gasteiger partial charge is 0.457 e. The Morgan fingerprint density at radius 1 is 0.862 bits per heavy atom. The van der Waals surface area contributed by atoms with Crippen LogP contribution in [-0.4, -0.2) is 11.1 Å². The van der Waals surface area contributed by atoms with Crippen molar-refractivity contribution in [1.29, 1.82) is 0 Å². The van der Waals surface area contributed by atoms with Gasteiger partial charge in [0.2, 0.25) is 0 Å². The van der Waals surface area contributed by atoms with Crippen molar-refractivity contribution in [2.45, 2.75) is 0 Å². The molecular formula is C20H9Cl4NO3S. The summed E-state index contributed by atoms with van der Waals surface area (Å²) in [6.07, 6.45) is 1.50. The van der Waals surface area contributed by atoms with Crippen LogP contribution in [0.3, 0.4) is 0 Å². The van der Waals surface area contributed by atoms with Gasteiger partial charge in [-0.3, -0.25) is 9.59 Å². The van der Waals surface area contributed by atoms with Crippen molar-refractivity contribution >= 4 is 81.1 Å². The summed E-state index contributed by atoms with van der Waals surface area (Å²) in [6.45, 7) is 0. The third-order valence-electron chi connectivity index (χ3n) is 4.05. The summed E-state index contributed by atoms with van der Waals surface area (Å²) in [4.78, 5) is 26.4. The van der Waals surface area contributed by atoms with Gasteiger partial charge >= 0.3 is 0 Å². The van der Waals surface area contributed by atoms with Crippen LogP contribution in [0.2, 0.25) is 20.1 Å². The predicted molar refractivity (Wildman–Crippen MR) is 119 cm³/mol. The van der Waals surface area contributed by atoms with E-state index in [1.807, 2.05) is 0 Å². The summed E-state index contributed by atoms with van der Waals surface area (Å²) in [5.41, 5.74) is 0.971. The zero-order valence-corrected chi connectivity index (χ0v) is 18.1. The van der Waals surface area contributed by atoms with E-state index in [0.29, 0.717) is 37.8 Å². The smallest absolute Gasteiger partial charge is 0.298 e. The molecule has 4 rings (SSSR count). The summed E-state index contributed by atoms with van der Waals surface area (Å²) >= 11 is 24.9. The molecule has 0 bridgehead atoms. The Balaban J connectivity index is 1.63. The topological polar surface area (TPSA) is 50.5 Å².